The van der Waals surface area contributed by atoms with Gasteiger partial charge in [-0.3, -0.25) is 0 Å². The Balaban J connectivity index is -0.000000605. The van der Waals surface area contributed by atoms with Crippen molar-refractivity contribution in [1.82, 2.24) is 0 Å². The minimum Gasteiger partial charge on any atom is -0.412 e. The van der Waals surface area contributed by atoms with Gasteiger partial charge in [0.25, 0.3) is 0 Å². The normalized spacial score (nSPS) is 18.4. The summed E-state index contributed by atoms with van der Waals surface area (Å²) in [6.45, 7) is -1.45. The monoisotopic (exact) mass is 218 g/mol. The van der Waals surface area contributed by atoms with Crippen molar-refractivity contribution in [2.24, 2.45) is 0 Å². The van der Waals surface area contributed by atoms with Gasteiger partial charge in [0.2, 0.25) is 0 Å². The summed E-state index contributed by atoms with van der Waals surface area (Å²) in [4.78, 5) is 0. The fraction of sp³-hybridized carbons (Fsp3) is 1.00. The van der Waals surface area contributed by atoms with E-state index in [0.717, 1.165) is 0 Å². The number of hydrogen-bond donors (Lipinski definition) is 6. The van der Waals surface area contributed by atoms with Crippen LogP contribution in [-0.4, -0.2) is 79.2 Å². The lowest BCUT2D eigenvalue weighted by Gasteiger charge is -2.24. The Morgan fingerprint density at radius 1 is 0.643 bits per heavy atom. The molecule has 8 heteroatoms. The van der Waals surface area contributed by atoms with E-state index in [-0.39, 0.29) is 11.0 Å². The zero-order chi connectivity index (χ0) is 9.72. The summed E-state index contributed by atoms with van der Waals surface area (Å²) in [6, 6.07) is 0. The van der Waals surface area contributed by atoms with E-state index < -0.39 is 37.6 Å². The summed E-state index contributed by atoms with van der Waals surface area (Å²) in [7, 11) is 0. The lowest BCUT2D eigenvalue weighted by Crippen LogP contribution is -2.46. The molecule has 8 nitrogen and oxygen atoms in total. The molecule has 0 saturated carbocycles. The van der Waals surface area contributed by atoms with E-state index in [1.165, 1.54) is 0 Å². The van der Waals surface area contributed by atoms with Gasteiger partial charge in [0, 0.05) is 0 Å². The first-order chi connectivity index (χ1) is 5.54. The molecule has 0 fully saturated rings. The number of aliphatic hydroxyl groups is 6. The van der Waals surface area contributed by atoms with E-state index in [0.29, 0.717) is 0 Å². The molecule has 0 aromatic rings. The van der Waals surface area contributed by atoms with Crippen LogP contribution in [0.5, 0.6) is 0 Å². The van der Waals surface area contributed by atoms with Gasteiger partial charge in [-0.25, -0.2) is 0 Å². The lowest BCUT2D eigenvalue weighted by molar-refractivity contribution is -0.123. The third-order valence-corrected chi connectivity index (χ3v) is 1.51. The van der Waals surface area contributed by atoms with Crippen molar-refractivity contribution in [1.29, 1.82) is 0 Å². The third-order valence-electron chi connectivity index (χ3n) is 1.51. The summed E-state index contributed by atoms with van der Waals surface area (Å²) < 4.78 is 0. The maximum Gasteiger partial charge on any atom is 0.111 e. The van der Waals surface area contributed by atoms with Crippen molar-refractivity contribution in [2.45, 2.75) is 24.4 Å². The van der Waals surface area contributed by atoms with Gasteiger partial charge in [-0.05, 0) is 0 Å². The van der Waals surface area contributed by atoms with Crippen molar-refractivity contribution >= 4 is 0 Å². The molecule has 0 unspecified atom stereocenters. The molecule has 0 radical (unpaired) electrons. The molecule has 4 atom stereocenters. The van der Waals surface area contributed by atoms with Crippen LogP contribution in [0.3, 0.4) is 0 Å². The highest BCUT2D eigenvalue weighted by molar-refractivity contribution is 4.79. The average molecular weight is 218 g/mol. The molecule has 0 amide bonds. The molecule has 0 aromatic carbocycles. The van der Waals surface area contributed by atoms with Crippen molar-refractivity contribution in [3.8, 4) is 0 Å². The topological polar surface area (TPSA) is 184 Å². The fourth-order valence-electron chi connectivity index (χ4n) is 0.671. The van der Waals surface area contributed by atoms with Crippen molar-refractivity contribution in [3.05, 3.63) is 0 Å². The third kappa shape index (κ3) is 5.42. The molecule has 0 aromatic heterocycles. The molecule has 0 spiro atoms. The van der Waals surface area contributed by atoms with Gasteiger partial charge in [0.15, 0.2) is 0 Å². The second kappa shape index (κ2) is 9.24. The zero-order valence-corrected chi connectivity index (χ0v) is 7.41. The van der Waals surface area contributed by atoms with Crippen molar-refractivity contribution < 1.29 is 41.6 Å². The first-order valence-electron chi connectivity index (χ1n) is 3.48. The fourth-order valence-corrected chi connectivity index (χ4v) is 0.671. The highest BCUT2D eigenvalue weighted by atomic mass is 16.4. The van der Waals surface area contributed by atoms with E-state index >= 15 is 0 Å². The van der Waals surface area contributed by atoms with Crippen LogP contribution in [0.25, 0.3) is 0 Å². The van der Waals surface area contributed by atoms with Crippen LogP contribution in [0.4, 0.5) is 0 Å². The van der Waals surface area contributed by atoms with Gasteiger partial charge in [0.05, 0.1) is 13.2 Å². The first kappa shape index (κ1) is 19.3. The summed E-state index contributed by atoms with van der Waals surface area (Å²) in [5.41, 5.74) is 0. The quantitative estimate of drug-likeness (QED) is 0.267. The Bertz CT molecular complexity index is 106. The maximum absolute atomic E-state index is 8.96. The predicted molar refractivity (Wildman–Crippen MR) is 45.4 cm³/mol. The Hall–Kier alpha value is -0.320. The number of aliphatic hydroxyl groups excluding tert-OH is 6. The zero-order valence-electron chi connectivity index (χ0n) is 7.41. The highest BCUT2D eigenvalue weighted by Gasteiger charge is 2.29. The van der Waals surface area contributed by atoms with Crippen LogP contribution < -0.4 is 0 Å². The van der Waals surface area contributed by atoms with E-state index in [1.54, 1.807) is 0 Å². The van der Waals surface area contributed by atoms with Gasteiger partial charge in [-0.1, -0.05) is 0 Å². The molecular formula is C6H18O8. The Labute approximate surface area is 80.3 Å². The summed E-state index contributed by atoms with van der Waals surface area (Å²) in [5.74, 6) is 0. The molecule has 10 N–H and O–H groups in total. The first-order valence-corrected chi connectivity index (χ1v) is 3.48. The van der Waals surface area contributed by atoms with Gasteiger partial charge < -0.3 is 41.6 Å². The molecule has 0 aliphatic heterocycles. The molecule has 0 heterocycles. The van der Waals surface area contributed by atoms with E-state index in [1.807, 2.05) is 0 Å². The van der Waals surface area contributed by atoms with Crippen molar-refractivity contribution in [3.63, 3.8) is 0 Å². The summed E-state index contributed by atoms with van der Waals surface area (Å²) in [6.07, 6.45) is -6.39. The second-order valence-corrected chi connectivity index (χ2v) is 2.48. The summed E-state index contributed by atoms with van der Waals surface area (Å²) in [5, 5.41) is 52.2. The molecular weight excluding hydrogens is 200 g/mol. The Morgan fingerprint density at radius 2 is 0.857 bits per heavy atom. The molecule has 0 aliphatic carbocycles. The highest BCUT2D eigenvalue weighted by Crippen LogP contribution is 2.03. The van der Waals surface area contributed by atoms with Gasteiger partial charge in [0.1, 0.15) is 24.4 Å². The van der Waals surface area contributed by atoms with E-state index in [4.69, 9.17) is 30.6 Å². The van der Waals surface area contributed by atoms with Crippen LogP contribution in [-0.2, 0) is 0 Å². The minimum absolute atomic E-state index is 0. The molecule has 90 valence electrons. The standard InChI is InChI=1S/C6H14O6.2H2O/c7-1-3(9)5(11)6(12)4(10)2-8;;/h3-12H,1-2H2;2*1H2/t3-,4+,5-,6-;;/m1../s1. The number of hydrogen-bond acceptors (Lipinski definition) is 6. The van der Waals surface area contributed by atoms with Crippen LogP contribution in [0, 0.1) is 0 Å². The average Bonchev–Trinajstić information content (AvgIpc) is 2.12. The van der Waals surface area contributed by atoms with E-state index in [9.17, 15) is 0 Å². The maximum atomic E-state index is 8.96. The lowest BCUT2D eigenvalue weighted by atomic mass is 10.0. The predicted octanol–water partition coefficient (Wildman–Crippen LogP) is -5.23. The van der Waals surface area contributed by atoms with Gasteiger partial charge in [-0.15, -0.1) is 0 Å². The van der Waals surface area contributed by atoms with Gasteiger partial charge >= 0.3 is 0 Å². The Morgan fingerprint density at radius 3 is 1.00 bits per heavy atom. The largest absolute Gasteiger partial charge is 0.412 e. The van der Waals surface area contributed by atoms with E-state index in [2.05, 4.69) is 0 Å². The molecule has 14 heavy (non-hydrogen) atoms. The SMILES string of the molecule is O.O.OC[C@@H](O)[C@@H](O)[C@H](O)[C@@H](O)CO. The van der Waals surface area contributed by atoms with Crippen LogP contribution >= 0.6 is 0 Å². The van der Waals surface area contributed by atoms with Gasteiger partial charge in [-0.2, -0.15) is 0 Å². The molecule has 0 bridgehead atoms. The summed E-state index contributed by atoms with van der Waals surface area (Å²) >= 11 is 0. The molecule has 0 rings (SSSR count). The number of rotatable bonds is 5. The van der Waals surface area contributed by atoms with Crippen LogP contribution in [0.1, 0.15) is 0 Å². The smallest absolute Gasteiger partial charge is 0.111 e. The molecule has 0 aliphatic rings. The van der Waals surface area contributed by atoms with Crippen LogP contribution in [0.2, 0.25) is 0 Å². The Kier molecular flexibility index (Phi) is 12.7. The van der Waals surface area contributed by atoms with Crippen molar-refractivity contribution in [2.75, 3.05) is 13.2 Å². The second-order valence-electron chi connectivity index (χ2n) is 2.48. The van der Waals surface area contributed by atoms with Crippen LogP contribution in [0.15, 0.2) is 0 Å². The minimum atomic E-state index is -1.67. The molecule has 0 saturated heterocycles.